The van der Waals surface area contributed by atoms with Crippen LogP contribution in [0.15, 0.2) is 24.3 Å². The molecule has 0 aliphatic heterocycles. The van der Waals surface area contributed by atoms with E-state index in [4.69, 9.17) is 5.11 Å². The molecular formula is C17H21NO2. The van der Waals surface area contributed by atoms with Gasteiger partial charge in [0, 0.05) is 16.7 Å². The summed E-state index contributed by atoms with van der Waals surface area (Å²) in [5.41, 5.74) is 1.41. The maximum atomic E-state index is 12.4. The minimum absolute atomic E-state index is 0.117. The van der Waals surface area contributed by atoms with E-state index in [2.05, 4.69) is 24.1 Å². The minimum atomic E-state index is -0.229. The fraction of sp³-hybridized carbons (Fsp3) is 0.471. The highest BCUT2D eigenvalue weighted by atomic mass is 16.2. The number of rotatable bonds is 2. The van der Waals surface area contributed by atoms with E-state index < -0.39 is 0 Å². The lowest BCUT2D eigenvalue weighted by Crippen LogP contribution is -2.35. The summed E-state index contributed by atoms with van der Waals surface area (Å²) in [6.07, 6.45) is 5.46. The number of carbonyl (C=O) groups is 1. The number of hydrogen-bond donors (Lipinski definition) is 2. The zero-order valence-electron chi connectivity index (χ0n) is 11.9. The van der Waals surface area contributed by atoms with Gasteiger partial charge < -0.3 is 10.4 Å². The highest BCUT2D eigenvalue weighted by Gasteiger charge is 2.34. The lowest BCUT2D eigenvalue weighted by atomic mass is 9.75. The summed E-state index contributed by atoms with van der Waals surface area (Å²) in [6, 6.07) is 7.40. The molecule has 20 heavy (non-hydrogen) atoms. The molecule has 0 atom stereocenters. The Kier molecular flexibility index (Phi) is 4.81. The van der Waals surface area contributed by atoms with Gasteiger partial charge in [0.15, 0.2) is 0 Å². The van der Waals surface area contributed by atoms with Gasteiger partial charge in [0.1, 0.15) is 6.61 Å². The number of carbonyl (C=O) groups excluding carboxylic acids is 1. The number of benzene rings is 1. The first-order valence-corrected chi connectivity index (χ1v) is 7.15. The summed E-state index contributed by atoms with van der Waals surface area (Å²) in [6.45, 7) is 1.92. The molecule has 1 aromatic carbocycles. The molecule has 2 rings (SSSR count). The fourth-order valence-electron chi connectivity index (χ4n) is 2.62. The average molecular weight is 271 g/mol. The van der Waals surface area contributed by atoms with E-state index in [-0.39, 0.29) is 17.9 Å². The second kappa shape index (κ2) is 6.58. The topological polar surface area (TPSA) is 49.3 Å². The molecule has 0 radical (unpaired) electrons. The number of aliphatic hydroxyl groups is 1. The van der Waals surface area contributed by atoms with E-state index in [0.29, 0.717) is 0 Å². The maximum Gasteiger partial charge on any atom is 0.230 e. The van der Waals surface area contributed by atoms with Gasteiger partial charge in [-0.25, -0.2) is 0 Å². The molecule has 1 saturated carbocycles. The van der Waals surface area contributed by atoms with Crippen molar-refractivity contribution in [3.63, 3.8) is 0 Å². The summed E-state index contributed by atoms with van der Waals surface area (Å²) in [5.74, 6) is 5.55. The van der Waals surface area contributed by atoms with Crippen molar-refractivity contribution < 1.29 is 9.90 Å². The molecule has 106 valence electrons. The Balaban J connectivity index is 2.00. The maximum absolute atomic E-state index is 12.4. The van der Waals surface area contributed by atoms with Crippen molar-refractivity contribution in [2.24, 2.45) is 5.41 Å². The van der Waals surface area contributed by atoms with Crippen LogP contribution in [0.4, 0.5) is 5.69 Å². The molecule has 0 heterocycles. The predicted molar refractivity (Wildman–Crippen MR) is 80.2 cm³/mol. The smallest absolute Gasteiger partial charge is 0.230 e. The standard InChI is InChI=1S/C17H21NO2/c1-17(11-3-2-4-12-17)16(20)18-15-9-7-14(8-10-15)6-5-13-19/h7-10,19H,2-4,11-13H2,1H3,(H,18,20). The van der Waals surface area contributed by atoms with Gasteiger partial charge >= 0.3 is 0 Å². The summed E-state index contributed by atoms with van der Waals surface area (Å²) >= 11 is 0. The Hall–Kier alpha value is -1.79. The van der Waals surface area contributed by atoms with E-state index in [1.165, 1.54) is 6.42 Å². The second-order valence-corrected chi connectivity index (χ2v) is 5.61. The second-order valence-electron chi connectivity index (χ2n) is 5.61. The molecular weight excluding hydrogens is 250 g/mol. The fourth-order valence-corrected chi connectivity index (χ4v) is 2.62. The van der Waals surface area contributed by atoms with Crippen molar-refractivity contribution >= 4 is 11.6 Å². The highest BCUT2D eigenvalue weighted by molar-refractivity contribution is 5.95. The van der Waals surface area contributed by atoms with Crippen LogP contribution in [-0.2, 0) is 4.79 Å². The molecule has 1 aliphatic rings. The van der Waals surface area contributed by atoms with E-state index in [9.17, 15) is 4.79 Å². The lowest BCUT2D eigenvalue weighted by Gasteiger charge is -2.32. The lowest BCUT2D eigenvalue weighted by molar-refractivity contribution is -0.126. The van der Waals surface area contributed by atoms with Crippen LogP contribution in [-0.4, -0.2) is 17.6 Å². The van der Waals surface area contributed by atoms with Gasteiger partial charge in [0.25, 0.3) is 0 Å². The summed E-state index contributed by atoms with van der Waals surface area (Å²) < 4.78 is 0. The van der Waals surface area contributed by atoms with Crippen LogP contribution in [0.1, 0.15) is 44.6 Å². The first kappa shape index (κ1) is 14.6. The number of anilines is 1. The molecule has 0 aromatic heterocycles. The van der Waals surface area contributed by atoms with Crippen LogP contribution in [0.25, 0.3) is 0 Å². The van der Waals surface area contributed by atoms with Gasteiger partial charge in [-0.15, -0.1) is 0 Å². The summed E-state index contributed by atoms with van der Waals surface area (Å²) in [4.78, 5) is 12.4. The van der Waals surface area contributed by atoms with Crippen LogP contribution in [0.3, 0.4) is 0 Å². The van der Waals surface area contributed by atoms with Crippen molar-refractivity contribution in [1.29, 1.82) is 0 Å². The zero-order chi connectivity index (χ0) is 14.4. The van der Waals surface area contributed by atoms with Gasteiger partial charge in [0.2, 0.25) is 5.91 Å². The third-order valence-corrected chi connectivity index (χ3v) is 3.96. The van der Waals surface area contributed by atoms with Crippen LogP contribution < -0.4 is 5.32 Å². The van der Waals surface area contributed by atoms with Crippen molar-refractivity contribution in [3.8, 4) is 11.8 Å². The quantitative estimate of drug-likeness (QED) is 0.812. The number of amides is 1. The Morgan fingerprint density at radius 3 is 2.50 bits per heavy atom. The molecule has 1 aromatic rings. The van der Waals surface area contributed by atoms with Crippen LogP contribution in [0, 0.1) is 17.3 Å². The van der Waals surface area contributed by atoms with Gasteiger partial charge in [-0.2, -0.15) is 0 Å². The molecule has 0 saturated heterocycles. The SMILES string of the molecule is CC1(C(=O)Nc2ccc(C#CCO)cc2)CCCCC1. The van der Waals surface area contributed by atoms with E-state index >= 15 is 0 Å². The predicted octanol–water partition coefficient (Wildman–Crippen LogP) is 2.94. The third kappa shape index (κ3) is 3.61. The Bertz CT molecular complexity index is 516. The van der Waals surface area contributed by atoms with Crippen molar-refractivity contribution in [1.82, 2.24) is 0 Å². The van der Waals surface area contributed by atoms with Crippen molar-refractivity contribution in [3.05, 3.63) is 29.8 Å². The minimum Gasteiger partial charge on any atom is -0.384 e. The highest BCUT2D eigenvalue weighted by Crippen LogP contribution is 2.36. The van der Waals surface area contributed by atoms with E-state index in [1.54, 1.807) is 0 Å². The molecule has 0 bridgehead atoms. The summed E-state index contributed by atoms with van der Waals surface area (Å²) in [5, 5.41) is 11.6. The monoisotopic (exact) mass is 271 g/mol. The normalized spacial score (nSPS) is 16.9. The van der Waals surface area contributed by atoms with Gasteiger partial charge in [-0.05, 0) is 37.1 Å². The van der Waals surface area contributed by atoms with Gasteiger partial charge in [0.05, 0.1) is 0 Å². The number of hydrogen-bond acceptors (Lipinski definition) is 2. The first-order valence-electron chi connectivity index (χ1n) is 7.15. The molecule has 2 N–H and O–H groups in total. The van der Waals surface area contributed by atoms with Crippen LogP contribution >= 0.6 is 0 Å². The molecule has 1 amide bonds. The zero-order valence-corrected chi connectivity index (χ0v) is 11.9. The first-order chi connectivity index (χ1) is 9.64. The van der Waals surface area contributed by atoms with Crippen LogP contribution in [0.2, 0.25) is 0 Å². The van der Waals surface area contributed by atoms with E-state index in [0.717, 1.165) is 36.9 Å². The molecule has 1 aliphatic carbocycles. The Labute approximate surface area is 120 Å². The largest absolute Gasteiger partial charge is 0.384 e. The average Bonchev–Trinajstić information content (AvgIpc) is 2.47. The third-order valence-electron chi connectivity index (χ3n) is 3.96. The number of aliphatic hydroxyl groups excluding tert-OH is 1. The summed E-state index contributed by atoms with van der Waals surface area (Å²) in [7, 11) is 0. The van der Waals surface area contributed by atoms with E-state index in [1.807, 2.05) is 24.3 Å². The Morgan fingerprint density at radius 2 is 1.90 bits per heavy atom. The Morgan fingerprint density at radius 1 is 1.25 bits per heavy atom. The molecule has 3 nitrogen and oxygen atoms in total. The molecule has 1 fully saturated rings. The number of nitrogens with one attached hydrogen (secondary N) is 1. The molecule has 0 spiro atoms. The van der Waals surface area contributed by atoms with Gasteiger partial charge in [-0.3, -0.25) is 4.79 Å². The molecule has 0 unspecified atom stereocenters. The van der Waals surface area contributed by atoms with Crippen molar-refractivity contribution in [2.45, 2.75) is 39.0 Å². The van der Waals surface area contributed by atoms with Crippen LogP contribution in [0.5, 0.6) is 0 Å². The van der Waals surface area contributed by atoms with Gasteiger partial charge in [-0.1, -0.05) is 38.0 Å². The van der Waals surface area contributed by atoms with Crippen molar-refractivity contribution in [2.75, 3.05) is 11.9 Å². The molecule has 3 heteroatoms.